The number of aromatic nitrogens is 10. The van der Waals surface area contributed by atoms with Crippen LogP contribution in [0.1, 0.15) is 137 Å². The number of nitrogens with one attached hydrogen (secondary N) is 4. The summed E-state index contributed by atoms with van der Waals surface area (Å²) >= 11 is 0. The first-order chi connectivity index (χ1) is 65.3. The van der Waals surface area contributed by atoms with E-state index in [1.165, 1.54) is 13.8 Å². The summed E-state index contributed by atoms with van der Waals surface area (Å²) in [5.74, 6) is -2.36. The molecule has 0 aliphatic carbocycles. The molecule has 0 aromatic carbocycles. The molecule has 8 aliphatic rings. The number of fused-ring (bicyclic) bond motifs is 9. The van der Waals surface area contributed by atoms with Crippen LogP contribution in [0.3, 0.4) is 0 Å². The molecule has 12 rings (SSSR count). The van der Waals surface area contributed by atoms with Crippen LogP contribution in [0, 0.1) is 0 Å². The molecule has 0 saturated carbocycles. The largest absolute Gasteiger partial charge is 0.377 e. The number of aliphatic hydroxyl groups is 1. The zero-order valence-corrected chi connectivity index (χ0v) is 81.0. The monoisotopic (exact) mass is 1950 g/mol. The van der Waals surface area contributed by atoms with Crippen molar-refractivity contribution in [1.29, 1.82) is 0 Å². The molecule has 15 atom stereocenters. The number of amides is 4. The van der Waals surface area contributed by atoms with Crippen molar-refractivity contribution in [3.63, 3.8) is 0 Å². The lowest BCUT2D eigenvalue weighted by Gasteiger charge is -2.46. The molecular weight excluding hydrogens is 1810 g/mol. The van der Waals surface area contributed by atoms with E-state index in [4.69, 9.17) is 123 Å². The highest BCUT2D eigenvalue weighted by Gasteiger charge is 2.67. The predicted molar refractivity (Wildman–Crippen MR) is 476 cm³/mol. The highest BCUT2D eigenvalue weighted by Crippen LogP contribution is 2.49. The van der Waals surface area contributed by atoms with Crippen LogP contribution in [0.5, 0.6) is 0 Å². The minimum Gasteiger partial charge on any atom is -0.377 e. The van der Waals surface area contributed by atoms with Crippen LogP contribution in [-0.2, 0) is 182 Å². The fourth-order valence-corrected chi connectivity index (χ4v) is 18.7. The van der Waals surface area contributed by atoms with Gasteiger partial charge in [0.15, 0.2) is 36.2 Å². The van der Waals surface area contributed by atoms with Crippen LogP contribution in [0.15, 0.2) is 48.0 Å². The summed E-state index contributed by atoms with van der Waals surface area (Å²) in [6, 6.07) is 4.54. The summed E-state index contributed by atoms with van der Waals surface area (Å²) in [4.78, 5) is 55.4. The molecular formula is C88H142N14O31S2. The van der Waals surface area contributed by atoms with E-state index < -0.39 is 88.8 Å². The van der Waals surface area contributed by atoms with Crippen molar-refractivity contribution < 1.29 is 147 Å². The highest BCUT2D eigenvalue weighted by atomic mass is 33.1. The molecule has 4 bridgehead atoms. The van der Waals surface area contributed by atoms with Crippen LogP contribution < -0.4 is 21.3 Å². The Morgan fingerprint density at radius 1 is 0.467 bits per heavy atom. The van der Waals surface area contributed by atoms with Crippen LogP contribution in [-0.4, -0.2) is 390 Å². The number of ether oxygens (including phenoxy) is 26. The van der Waals surface area contributed by atoms with Crippen LogP contribution >= 0.6 is 21.6 Å². The van der Waals surface area contributed by atoms with Crippen molar-refractivity contribution in [2.45, 2.75) is 272 Å². The summed E-state index contributed by atoms with van der Waals surface area (Å²) in [5.41, 5.74) is -2.39. The number of aliphatic hydroxyl groups excluding tert-OH is 1. The first-order valence-corrected chi connectivity index (χ1v) is 49.2. The number of rotatable bonds is 71. The summed E-state index contributed by atoms with van der Waals surface area (Å²) < 4.78 is 162. The van der Waals surface area contributed by atoms with Gasteiger partial charge in [-0.2, -0.15) is 0 Å². The summed E-state index contributed by atoms with van der Waals surface area (Å²) in [6.07, 6.45) is 8.01. The smallest absolute Gasteiger partial charge is 0.220 e. The number of nitrogens with zero attached hydrogens (tertiary/aromatic N) is 10. The van der Waals surface area contributed by atoms with Crippen molar-refractivity contribution >= 4 is 45.2 Å². The second-order valence-corrected chi connectivity index (χ2v) is 38.3. The third-order valence-electron chi connectivity index (χ3n) is 22.9. The van der Waals surface area contributed by atoms with Gasteiger partial charge in [0.1, 0.15) is 87.1 Å². The quantitative estimate of drug-likeness (QED) is 0.0313. The van der Waals surface area contributed by atoms with Crippen molar-refractivity contribution in [1.82, 2.24) is 71.2 Å². The highest BCUT2D eigenvalue weighted by molar-refractivity contribution is 8.76. The van der Waals surface area contributed by atoms with Gasteiger partial charge in [-0.3, -0.25) is 19.2 Å². The van der Waals surface area contributed by atoms with Crippen LogP contribution in [0.2, 0.25) is 0 Å². The van der Waals surface area contributed by atoms with E-state index in [1.54, 1.807) is 81.2 Å². The summed E-state index contributed by atoms with van der Waals surface area (Å²) in [5, 5.41) is 49.8. The molecule has 0 radical (unpaired) electrons. The fourth-order valence-electron chi connectivity index (χ4n) is 16.7. The van der Waals surface area contributed by atoms with Crippen molar-refractivity contribution in [3.05, 3.63) is 60.1 Å². The Labute approximate surface area is 796 Å². The second kappa shape index (κ2) is 54.9. The van der Waals surface area contributed by atoms with Gasteiger partial charge in [-0.1, -0.05) is 45.3 Å². The van der Waals surface area contributed by atoms with Crippen LogP contribution in [0.4, 0.5) is 0 Å². The average molecular weight is 1960 g/mol. The van der Waals surface area contributed by atoms with Crippen molar-refractivity contribution in [2.24, 2.45) is 0 Å². The van der Waals surface area contributed by atoms with Gasteiger partial charge < -0.3 is 150 Å². The van der Waals surface area contributed by atoms with E-state index in [0.717, 1.165) is 30.0 Å². The third-order valence-corrected chi connectivity index (χ3v) is 25.2. The molecule has 4 aromatic heterocycles. The topological polar surface area (TPSA) is 482 Å². The number of hydrogen-bond acceptors (Lipinski definition) is 40. The molecule has 4 aromatic rings. The van der Waals surface area contributed by atoms with E-state index in [1.807, 2.05) is 45.9 Å². The summed E-state index contributed by atoms with van der Waals surface area (Å²) in [7, 11) is 3.42. The minimum absolute atomic E-state index is 0.0104. The second-order valence-electron chi connectivity index (χ2n) is 35.9. The first kappa shape index (κ1) is 108. The molecule has 47 heteroatoms. The van der Waals surface area contributed by atoms with Gasteiger partial charge in [0.05, 0.1) is 256 Å². The molecule has 8 saturated heterocycles. The number of unbranched alkanes of at least 4 members (excludes halogenated alkanes) is 4. The van der Waals surface area contributed by atoms with E-state index in [2.05, 4.69) is 57.2 Å². The molecule has 762 valence electrons. The predicted octanol–water partition coefficient (Wildman–Crippen LogP) is 2.86. The lowest BCUT2D eigenvalue weighted by Crippen LogP contribution is -2.67. The molecule has 45 nitrogen and oxygen atoms in total. The molecule has 0 spiro atoms. The lowest BCUT2D eigenvalue weighted by molar-refractivity contribution is -0.279. The first-order valence-electron chi connectivity index (χ1n) is 46.9. The molecule has 5 N–H and O–H groups in total. The molecule has 4 amide bonds. The zero-order chi connectivity index (χ0) is 95.3. The Hall–Kier alpha value is -5.93. The maximum absolute atomic E-state index is 14.3. The maximum Gasteiger partial charge on any atom is 0.220 e. The van der Waals surface area contributed by atoms with Crippen LogP contribution in [0.25, 0.3) is 0 Å². The average Bonchev–Trinajstić information content (AvgIpc) is 1.57. The van der Waals surface area contributed by atoms with Crippen molar-refractivity contribution in [2.75, 3.05) is 204 Å². The Bertz CT molecular complexity index is 4110. The molecule has 135 heavy (non-hydrogen) atoms. The van der Waals surface area contributed by atoms with Gasteiger partial charge in [-0.25, -0.2) is 19.0 Å². The van der Waals surface area contributed by atoms with Gasteiger partial charge in [0.2, 0.25) is 23.6 Å². The van der Waals surface area contributed by atoms with Gasteiger partial charge in [-0.15, -0.1) is 15.3 Å². The fraction of sp³-hybridized carbons (Fsp3) is 0.830. The van der Waals surface area contributed by atoms with Gasteiger partial charge >= 0.3 is 0 Å². The Morgan fingerprint density at radius 3 is 1.42 bits per heavy atom. The number of pyridine rings is 1. The number of carbonyl (C=O) groups excluding carboxylic acids is 4. The van der Waals surface area contributed by atoms with E-state index in [0.29, 0.717) is 214 Å². The van der Waals surface area contributed by atoms with Crippen molar-refractivity contribution in [3.8, 4) is 0 Å². The number of carbonyl (C=O) groups is 4. The van der Waals surface area contributed by atoms with Gasteiger partial charge in [0.25, 0.3) is 0 Å². The van der Waals surface area contributed by atoms with E-state index >= 15 is 0 Å². The molecule has 12 heterocycles. The number of hydrogen-bond donors (Lipinski definition) is 5. The zero-order valence-electron chi connectivity index (χ0n) is 79.4. The minimum atomic E-state index is -1.33. The van der Waals surface area contributed by atoms with E-state index in [-0.39, 0.29) is 121 Å². The molecule has 1 unspecified atom stereocenters. The molecule has 8 aliphatic heterocycles. The van der Waals surface area contributed by atoms with E-state index in [9.17, 15) is 24.3 Å². The lowest BCUT2D eigenvalue weighted by atomic mass is 9.87. The third kappa shape index (κ3) is 35.3. The Balaban J connectivity index is 0.571. The normalized spacial score (nSPS) is 26.5. The molecule has 8 fully saturated rings. The standard InChI is InChI=1S/C88H142N14O31S2/c1-63(103)91-73-75-78(130-83(5,6)127-75)85(9,132-80(73)107)55-117-44-41-114-38-35-111-32-29-108-26-23-100-49-65(94-97-100)52-120-56-86(93-70(106)19-12-10-15-21-89-69(105)18-13-11-17-47-134-135-71-20-14-16-22-90-71,57-121-53-66-50-101(98-95-66)24-27-109-30-33-112-36-39-115-42-45-118-59-87-61-123-72(126-87)48-68-77(87)129-82(3,4)125-68)58-122-54-67-51-102(99-96-67)25-28-110-31-34-113-37-40-116-43-46-119-60-88-62-124-81(133-88)74(92-64(2)104)76-79(88)131-84(7,8)128-76/h14,16,20,22,49-51,68,72-81,107H,10-13,15,17-19,21,23-48,52-62H2,1-9H3,(H,89,105)(H,91,103)(H,92,104)(H,93,106)/t68-,72+,73-,74-,75-,76-,77-,78-,79-,80+,81+,85-,86?,87+,88+/m1/s1. The Morgan fingerprint density at radius 2 is 0.911 bits per heavy atom. The van der Waals surface area contributed by atoms with Gasteiger partial charge in [-0.05, 0) is 97.1 Å². The summed E-state index contributed by atoms with van der Waals surface area (Å²) in [6.45, 7) is 25.3. The van der Waals surface area contributed by atoms with Gasteiger partial charge in [0, 0.05) is 51.6 Å². The maximum atomic E-state index is 14.3. The Kier molecular flexibility index (Phi) is 43.9. The SMILES string of the molecule is CC(=O)N[C@@H]1[C@H]2OC(C)(C)O[C@H]2[C@@](C)(COCCOCCOCCOCCn2cc(COCC(COCc3cn(CCOCCOCCOCCOC[C@@]45CO[C@@H](O4)[C@H](NC(C)=O)[C@H]4OC(C)(C)O[C@H]45)nn3)(COCc3cn(CCOCCOCCOCCOC[C@]45CO[C@H](C[C@H]6OC(C)(C)O[C@H]64)O5)nn3)NC(=O)CCCCCNC(=O)CCCCCSSc3ccccn3)nn2)O[C@@H]1O.